The minimum Gasteiger partial charge on any atom is -0.462 e. The van der Waals surface area contributed by atoms with Crippen LogP contribution in [-0.4, -0.2) is 35.4 Å². The van der Waals surface area contributed by atoms with Crippen LogP contribution in [0.1, 0.15) is 43.5 Å². The molecule has 0 saturated carbocycles. The SMILES string of the molecule is CCCCOC(=O)c1ccc(N2CC(SC(C)=O)CC2=O)cc1. The average molecular weight is 335 g/mol. The van der Waals surface area contributed by atoms with Crippen molar-refractivity contribution in [3.05, 3.63) is 29.8 Å². The number of benzene rings is 1. The number of hydrogen-bond acceptors (Lipinski definition) is 5. The quantitative estimate of drug-likeness (QED) is 0.590. The van der Waals surface area contributed by atoms with E-state index in [1.165, 1.54) is 18.7 Å². The first kappa shape index (κ1) is 17.5. The summed E-state index contributed by atoms with van der Waals surface area (Å²) in [5.74, 6) is -0.343. The van der Waals surface area contributed by atoms with Crippen LogP contribution in [0, 0.1) is 0 Å². The highest BCUT2D eigenvalue weighted by Crippen LogP contribution is 2.28. The molecule has 1 aliphatic heterocycles. The summed E-state index contributed by atoms with van der Waals surface area (Å²) in [7, 11) is 0. The molecular weight excluding hydrogens is 314 g/mol. The summed E-state index contributed by atoms with van der Waals surface area (Å²) < 4.78 is 5.16. The number of ether oxygens (including phenoxy) is 1. The van der Waals surface area contributed by atoms with Gasteiger partial charge in [0, 0.05) is 30.8 Å². The van der Waals surface area contributed by atoms with Crippen LogP contribution in [0.25, 0.3) is 0 Å². The molecule has 23 heavy (non-hydrogen) atoms. The molecule has 124 valence electrons. The Balaban J connectivity index is 1.98. The Morgan fingerprint density at radius 2 is 2.00 bits per heavy atom. The molecule has 6 heteroatoms. The summed E-state index contributed by atoms with van der Waals surface area (Å²) >= 11 is 1.21. The fourth-order valence-electron chi connectivity index (χ4n) is 2.41. The molecule has 0 radical (unpaired) electrons. The van der Waals surface area contributed by atoms with Gasteiger partial charge in [-0.2, -0.15) is 0 Å². The number of nitrogens with zero attached hydrogens (tertiary/aromatic N) is 1. The molecule has 1 aliphatic rings. The molecule has 1 atom stereocenters. The molecule has 1 aromatic carbocycles. The normalized spacial score (nSPS) is 17.4. The summed E-state index contributed by atoms with van der Waals surface area (Å²) in [5.41, 5.74) is 1.22. The van der Waals surface area contributed by atoms with Crippen molar-refractivity contribution in [2.24, 2.45) is 0 Å². The van der Waals surface area contributed by atoms with Crippen LogP contribution >= 0.6 is 11.8 Å². The van der Waals surface area contributed by atoms with Crippen LogP contribution in [0.2, 0.25) is 0 Å². The summed E-state index contributed by atoms with van der Waals surface area (Å²) in [6, 6.07) is 6.83. The third-order valence-corrected chi connectivity index (χ3v) is 4.55. The number of hydrogen-bond donors (Lipinski definition) is 0. The van der Waals surface area contributed by atoms with Crippen LogP contribution in [0.5, 0.6) is 0 Å². The molecule has 1 unspecified atom stereocenters. The minimum atomic E-state index is -0.345. The van der Waals surface area contributed by atoms with Gasteiger partial charge in [0.25, 0.3) is 0 Å². The number of anilines is 1. The van der Waals surface area contributed by atoms with E-state index >= 15 is 0 Å². The number of thioether (sulfide) groups is 1. The smallest absolute Gasteiger partial charge is 0.338 e. The topological polar surface area (TPSA) is 63.7 Å². The molecule has 1 heterocycles. The first-order valence-electron chi connectivity index (χ1n) is 7.76. The molecule has 0 bridgehead atoms. The van der Waals surface area contributed by atoms with Gasteiger partial charge in [0.15, 0.2) is 5.12 Å². The maximum Gasteiger partial charge on any atom is 0.338 e. The number of amides is 1. The predicted molar refractivity (Wildman–Crippen MR) is 90.7 cm³/mol. The maximum atomic E-state index is 12.1. The van der Waals surface area contributed by atoms with E-state index < -0.39 is 0 Å². The van der Waals surface area contributed by atoms with Gasteiger partial charge < -0.3 is 9.64 Å². The third kappa shape index (κ3) is 4.82. The molecule has 1 aromatic rings. The summed E-state index contributed by atoms with van der Waals surface area (Å²) in [4.78, 5) is 36.7. The van der Waals surface area contributed by atoms with Crippen molar-refractivity contribution in [3.8, 4) is 0 Å². The fraction of sp³-hybridized carbons (Fsp3) is 0.471. The zero-order valence-electron chi connectivity index (χ0n) is 13.4. The van der Waals surface area contributed by atoms with Gasteiger partial charge in [-0.3, -0.25) is 9.59 Å². The van der Waals surface area contributed by atoms with Gasteiger partial charge in [-0.05, 0) is 30.7 Å². The summed E-state index contributed by atoms with van der Waals surface area (Å²) in [6.45, 7) is 4.49. The van der Waals surface area contributed by atoms with E-state index in [1.807, 2.05) is 6.92 Å². The van der Waals surface area contributed by atoms with Crippen LogP contribution in [0.15, 0.2) is 24.3 Å². The number of rotatable bonds is 6. The number of esters is 1. The second-order valence-electron chi connectivity index (χ2n) is 5.48. The van der Waals surface area contributed by atoms with Crippen molar-refractivity contribution in [2.45, 2.75) is 38.4 Å². The van der Waals surface area contributed by atoms with E-state index in [0.717, 1.165) is 18.5 Å². The van der Waals surface area contributed by atoms with E-state index in [2.05, 4.69) is 0 Å². The molecule has 0 spiro atoms. The summed E-state index contributed by atoms with van der Waals surface area (Å²) in [5, 5.41) is 0.0218. The monoisotopic (exact) mass is 335 g/mol. The zero-order chi connectivity index (χ0) is 16.8. The highest BCUT2D eigenvalue weighted by molar-refractivity contribution is 8.14. The maximum absolute atomic E-state index is 12.1. The van der Waals surface area contributed by atoms with Gasteiger partial charge in [0.1, 0.15) is 0 Å². The molecule has 0 aromatic heterocycles. The first-order valence-corrected chi connectivity index (χ1v) is 8.64. The lowest BCUT2D eigenvalue weighted by Gasteiger charge is -2.16. The molecular formula is C17H21NO4S. The first-order chi connectivity index (χ1) is 11.0. The van der Waals surface area contributed by atoms with Crippen LogP contribution in [0.4, 0.5) is 5.69 Å². The molecule has 1 fully saturated rings. The second-order valence-corrected chi connectivity index (χ2v) is 6.95. The Morgan fingerprint density at radius 1 is 1.30 bits per heavy atom. The Hall–Kier alpha value is -1.82. The van der Waals surface area contributed by atoms with Gasteiger partial charge in [-0.1, -0.05) is 25.1 Å². The highest BCUT2D eigenvalue weighted by Gasteiger charge is 2.31. The van der Waals surface area contributed by atoms with E-state index in [4.69, 9.17) is 4.74 Å². The molecule has 1 saturated heterocycles. The lowest BCUT2D eigenvalue weighted by atomic mass is 10.2. The van der Waals surface area contributed by atoms with E-state index in [0.29, 0.717) is 25.1 Å². The standard InChI is InChI=1S/C17H21NO4S/c1-3-4-9-22-17(21)13-5-7-14(8-6-13)18-11-15(10-16(18)20)23-12(2)19/h5-8,15H,3-4,9-11H2,1-2H3. The van der Waals surface area contributed by atoms with Crippen LogP contribution < -0.4 is 4.90 Å². The Bertz CT molecular complexity index is 585. The summed E-state index contributed by atoms with van der Waals surface area (Å²) in [6.07, 6.45) is 2.19. The molecule has 0 aliphatic carbocycles. The lowest BCUT2D eigenvalue weighted by Crippen LogP contribution is -2.25. The number of carbonyl (C=O) groups is 3. The molecule has 1 amide bonds. The molecule has 5 nitrogen and oxygen atoms in total. The van der Waals surface area contributed by atoms with Crippen molar-refractivity contribution in [1.82, 2.24) is 0 Å². The number of unbranched alkanes of at least 4 members (excludes halogenated alkanes) is 1. The van der Waals surface area contributed by atoms with Gasteiger partial charge in [0.05, 0.1) is 12.2 Å². The van der Waals surface area contributed by atoms with Crippen molar-refractivity contribution in [1.29, 1.82) is 0 Å². The van der Waals surface area contributed by atoms with Crippen molar-refractivity contribution >= 4 is 34.4 Å². The van der Waals surface area contributed by atoms with Gasteiger partial charge in [-0.25, -0.2) is 4.79 Å². The highest BCUT2D eigenvalue weighted by atomic mass is 32.2. The van der Waals surface area contributed by atoms with E-state index in [-0.39, 0.29) is 22.2 Å². The predicted octanol–water partition coefficient (Wildman–Crippen LogP) is 3.03. The van der Waals surface area contributed by atoms with E-state index in [1.54, 1.807) is 29.2 Å². The zero-order valence-corrected chi connectivity index (χ0v) is 14.2. The average Bonchev–Trinajstić information content (AvgIpc) is 2.87. The van der Waals surface area contributed by atoms with Crippen LogP contribution in [0.3, 0.4) is 0 Å². The Morgan fingerprint density at radius 3 is 2.61 bits per heavy atom. The van der Waals surface area contributed by atoms with Crippen molar-refractivity contribution in [3.63, 3.8) is 0 Å². The fourth-order valence-corrected chi connectivity index (χ4v) is 3.33. The third-order valence-electron chi connectivity index (χ3n) is 3.57. The van der Waals surface area contributed by atoms with Crippen molar-refractivity contribution in [2.75, 3.05) is 18.1 Å². The van der Waals surface area contributed by atoms with Crippen LogP contribution in [-0.2, 0) is 14.3 Å². The van der Waals surface area contributed by atoms with Gasteiger partial charge in [-0.15, -0.1) is 0 Å². The Labute approximate surface area is 140 Å². The van der Waals surface area contributed by atoms with Crippen molar-refractivity contribution < 1.29 is 19.1 Å². The second kappa shape index (κ2) is 8.15. The van der Waals surface area contributed by atoms with Gasteiger partial charge >= 0.3 is 5.97 Å². The van der Waals surface area contributed by atoms with E-state index in [9.17, 15) is 14.4 Å². The Kier molecular flexibility index (Phi) is 6.21. The largest absolute Gasteiger partial charge is 0.462 e. The minimum absolute atomic E-state index is 0.00122. The number of carbonyl (C=O) groups excluding carboxylic acids is 3. The molecule has 2 rings (SSSR count). The lowest BCUT2D eigenvalue weighted by molar-refractivity contribution is -0.117. The van der Waals surface area contributed by atoms with Gasteiger partial charge in [0.2, 0.25) is 5.91 Å². The molecule has 0 N–H and O–H groups in total.